The van der Waals surface area contributed by atoms with Crippen molar-refractivity contribution in [1.29, 1.82) is 0 Å². The first kappa shape index (κ1) is 29.3. The van der Waals surface area contributed by atoms with E-state index in [9.17, 15) is 0 Å². The molecule has 0 spiro atoms. The van der Waals surface area contributed by atoms with Gasteiger partial charge in [0.25, 0.3) is 0 Å². The second kappa shape index (κ2) is 9.82. The van der Waals surface area contributed by atoms with Crippen molar-refractivity contribution in [2.45, 2.75) is 98.2 Å². The van der Waals surface area contributed by atoms with Gasteiger partial charge in [0.05, 0.1) is 0 Å². The van der Waals surface area contributed by atoms with Crippen molar-refractivity contribution < 1.29 is 24.7 Å². The molecule has 0 N–H and O–H groups in total. The van der Waals surface area contributed by atoms with Crippen LogP contribution in [0.15, 0.2) is 0 Å². The number of hydrogen-bond acceptors (Lipinski definition) is 6. The first-order valence-corrected chi connectivity index (χ1v) is 30.4. The molecule has 0 fully saturated rings. The van der Waals surface area contributed by atoms with Crippen LogP contribution in [0.1, 0.15) is 0 Å². The first-order chi connectivity index (χ1) is 12.0. The molecule has 0 aromatic rings. The van der Waals surface area contributed by atoms with Crippen LogP contribution in [0, 0.1) is 0 Å². The summed E-state index contributed by atoms with van der Waals surface area (Å²) in [5, 5.41) is 0. The van der Waals surface area contributed by atoms with Crippen molar-refractivity contribution in [1.82, 2.24) is 0 Å². The highest BCUT2D eigenvalue weighted by Gasteiger charge is 2.47. The van der Waals surface area contributed by atoms with Crippen molar-refractivity contribution in [3.63, 3.8) is 0 Å². The summed E-state index contributed by atoms with van der Waals surface area (Å²) in [7, 11) is -14.5. The highest BCUT2D eigenvalue weighted by atomic mass is 28.5. The molecule has 0 heterocycles. The fourth-order valence-electron chi connectivity index (χ4n) is 3.78. The summed E-state index contributed by atoms with van der Waals surface area (Å²) >= 11 is 0. The zero-order valence-electron chi connectivity index (χ0n) is 21.0. The average molecular weight is 519 g/mol. The molecule has 6 nitrogen and oxygen atoms in total. The summed E-state index contributed by atoms with van der Waals surface area (Å²) in [4.78, 5) is 0. The van der Waals surface area contributed by atoms with Crippen LogP contribution >= 0.6 is 0 Å². The first-order valence-electron chi connectivity index (χ1n) is 10.1. The van der Waals surface area contributed by atoms with E-state index in [0.29, 0.717) is 0 Å². The summed E-state index contributed by atoms with van der Waals surface area (Å²) in [5.74, 6) is 0. The van der Waals surface area contributed by atoms with Gasteiger partial charge in [-0.1, -0.05) is 0 Å². The molecule has 0 aromatic heterocycles. The number of hydrogen-bond donors (Lipinski definition) is 0. The Balaban J connectivity index is 5.09. The molecule has 0 aliphatic rings. The smallest absolute Gasteiger partial charge is 0.314 e. The van der Waals surface area contributed by atoms with Gasteiger partial charge in [-0.05, 0) is 98.2 Å². The molecule has 0 aromatic carbocycles. The van der Waals surface area contributed by atoms with Crippen molar-refractivity contribution >= 4 is 60.2 Å². The lowest BCUT2D eigenvalue weighted by atomic mass is 11.8. The molecule has 0 atom stereocenters. The van der Waals surface area contributed by atoms with Crippen LogP contribution < -0.4 is 0 Å². The van der Waals surface area contributed by atoms with E-state index in [0.717, 1.165) is 0 Å². The van der Waals surface area contributed by atoms with Gasteiger partial charge in [-0.2, -0.15) is 0 Å². The Morgan fingerprint density at radius 1 is 0.393 bits per heavy atom. The van der Waals surface area contributed by atoms with Crippen molar-refractivity contribution in [3.8, 4) is 0 Å². The normalized spacial score (nSPS) is 15.4. The van der Waals surface area contributed by atoms with Crippen LogP contribution in [0.5, 0.6) is 0 Å². The van der Waals surface area contributed by atoms with Gasteiger partial charge in [-0.3, -0.25) is 0 Å². The van der Waals surface area contributed by atoms with Gasteiger partial charge in [0.1, 0.15) is 0 Å². The highest BCUT2D eigenvalue weighted by Crippen LogP contribution is 2.27. The van der Waals surface area contributed by atoms with E-state index in [1.54, 1.807) is 0 Å². The molecule has 0 unspecified atom stereocenters. The molecule has 0 bridgehead atoms. The van der Waals surface area contributed by atoms with E-state index in [1.165, 1.54) is 0 Å². The molecule has 0 aliphatic heterocycles. The van der Waals surface area contributed by atoms with Crippen LogP contribution in [0.25, 0.3) is 0 Å². The molecule has 0 radical (unpaired) electrons. The quantitative estimate of drug-likeness (QED) is 0.322. The summed E-state index contributed by atoms with van der Waals surface area (Å²) in [6, 6.07) is 0. The van der Waals surface area contributed by atoms with E-state index in [2.05, 4.69) is 98.2 Å². The van der Waals surface area contributed by atoms with Crippen LogP contribution in [0.2, 0.25) is 98.2 Å². The summed E-state index contributed by atoms with van der Waals surface area (Å²) < 4.78 is 38.5. The Bertz CT molecular complexity index is 504. The van der Waals surface area contributed by atoms with Gasteiger partial charge in [0.2, 0.25) is 0 Å². The van der Waals surface area contributed by atoms with Gasteiger partial charge >= 0.3 is 42.8 Å². The van der Waals surface area contributed by atoms with Gasteiger partial charge in [0, 0.05) is 0 Å². The predicted octanol–water partition coefficient (Wildman–Crippen LogP) is 5.41. The molecule has 0 saturated carbocycles. The molecule has 28 heavy (non-hydrogen) atoms. The number of rotatable bonds is 12. The van der Waals surface area contributed by atoms with E-state index < -0.39 is 60.2 Å². The van der Waals surface area contributed by atoms with Crippen LogP contribution in [0.3, 0.4) is 0 Å². The summed E-state index contributed by atoms with van der Waals surface area (Å²) in [6.07, 6.45) is 0. The fraction of sp³-hybridized carbons (Fsp3) is 1.00. The standard InChI is InChI=1S/C15H46O6Si7/c1-22(2)16-24(6,7)18-26(10,11)20-28(14,15)21-27(12,13)19-25(8,9)17-23(3,4)5/h22H,1-15H3. The Morgan fingerprint density at radius 2 is 0.643 bits per heavy atom. The third-order valence-corrected chi connectivity index (χ3v) is 27.3. The van der Waals surface area contributed by atoms with Crippen LogP contribution in [-0.4, -0.2) is 60.2 Å². The van der Waals surface area contributed by atoms with Crippen LogP contribution in [0.4, 0.5) is 0 Å². The lowest BCUT2D eigenvalue weighted by Crippen LogP contribution is -2.60. The zero-order chi connectivity index (χ0) is 22.8. The van der Waals surface area contributed by atoms with Gasteiger partial charge in [-0.25, -0.2) is 0 Å². The predicted molar refractivity (Wildman–Crippen MR) is 136 cm³/mol. The van der Waals surface area contributed by atoms with Crippen molar-refractivity contribution in [2.75, 3.05) is 0 Å². The van der Waals surface area contributed by atoms with Crippen molar-refractivity contribution in [3.05, 3.63) is 0 Å². The topological polar surface area (TPSA) is 55.4 Å². The molecular weight excluding hydrogens is 473 g/mol. The lowest BCUT2D eigenvalue weighted by Gasteiger charge is -2.43. The molecule has 0 amide bonds. The second-order valence-corrected chi connectivity index (χ2v) is 36.1. The highest BCUT2D eigenvalue weighted by molar-refractivity contribution is 6.91. The van der Waals surface area contributed by atoms with Gasteiger partial charge in [-0.15, -0.1) is 0 Å². The molecular formula is C15H46O6Si7. The van der Waals surface area contributed by atoms with Gasteiger partial charge < -0.3 is 24.7 Å². The second-order valence-electron chi connectivity index (χ2n) is 10.8. The van der Waals surface area contributed by atoms with E-state index in [4.69, 9.17) is 24.7 Å². The molecule has 170 valence electrons. The monoisotopic (exact) mass is 518 g/mol. The summed E-state index contributed by atoms with van der Waals surface area (Å²) in [5.41, 5.74) is 0. The minimum absolute atomic E-state index is 1.15. The Morgan fingerprint density at radius 3 is 0.893 bits per heavy atom. The maximum absolute atomic E-state index is 6.55. The SMILES string of the molecule is C[SiH](C)O[Si](C)(C)O[Si](C)(C)O[Si](C)(C)O[Si](C)(C)O[Si](C)(C)O[Si](C)(C)C. The Hall–Kier alpha value is 1.28. The largest absolute Gasteiger partial charge is 0.440 e. The molecule has 0 rings (SSSR count). The molecule has 0 saturated heterocycles. The van der Waals surface area contributed by atoms with E-state index >= 15 is 0 Å². The van der Waals surface area contributed by atoms with E-state index in [1.807, 2.05) is 0 Å². The summed E-state index contributed by atoms with van der Waals surface area (Å²) in [6.45, 7) is 31.9. The third kappa shape index (κ3) is 14.3. The molecule has 0 aliphatic carbocycles. The Labute approximate surface area is 182 Å². The molecule has 13 heteroatoms. The minimum atomic E-state index is -2.44. The minimum Gasteiger partial charge on any atom is -0.440 e. The third-order valence-electron chi connectivity index (χ3n) is 3.04. The Kier molecular flexibility index (Phi) is 10.3. The maximum atomic E-state index is 6.55. The maximum Gasteiger partial charge on any atom is 0.314 e. The lowest BCUT2D eigenvalue weighted by molar-refractivity contribution is 0.273. The fourth-order valence-corrected chi connectivity index (χ4v) is 36.0. The van der Waals surface area contributed by atoms with Gasteiger partial charge in [0.15, 0.2) is 17.4 Å². The van der Waals surface area contributed by atoms with Crippen molar-refractivity contribution in [2.24, 2.45) is 0 Å². The van der Waals surface area contributed by atoms with E-state index in [-0.39, 0.29) is 0 Å². The van der Waals surface area contributed by atoms with Crippen LogP contribution in [-0.2, 0) is 24.7 Å². The average Bonchev–Trinajstić information content (AvgIpc) is 2.12. The zero-order valence-corrected chi connectivity index (χ0v) is 28.2.